The highest BCUT2D eigenvalue weighted by molar-refractivity contribution is 7.90. The van der Waals surface area contributed by atoms with E-state index in [1.807, 2.05) is 32.0 Å². The highest BCUT2D eigenvalue weighted by Crippen LogP contribution is 2.30. The van der Waals surface area contributed by atoms with Gasteiger partial charge in [0, 0.05) is 13.0 Å². The Labute approximate surface area is 170 Å². The third-order valence-corrected chi connectivity index (χ3v) is 6.86. The quantitative estimate of drug-likeness (QED) is 0.749. The maximum atomic E-state index is 12.6. The Morgan fingerprint density at radius 3 is 2.55 bits per heavy atom. The second-order valence-corrected chi connectivity index (χ2v) is 8.72. The van der Waals surface area contributed by atoms with Crippen molar-refractivity contribution in [2.24, 2.45) is 0 Å². The molecule has 0 spiro atoms. The molecular formula is C21H24N2O5S. The van der Waals surface area contributed by atoms with Crippen LogP contribution in [0.3, 0.4) is 0 Å². The number of amides is 2. The van der Waals surface area contributed by atoms with E-state index in [1.165, 1.54) is 12.1 Å². The van der Waals surface area contributed by atoms with E-state index in [2.05, 4.69) is 5.32 Å². The molecule has 0 aliphatic carbocycles. The molecule has 2 aromatic carbocycles. The van der Waals surface area contributed by atoms with Crippen molar-refractivity contribution in [2.75, 3.05) is 13.7 Å². The number of rotatable bonds is 7. The summed E-state index contributed by atoms with van der Waals surface area (Å²) in [5.41, 5.74) is 2.05. The zero-order chi connectivity index (χ0) is 21.2. The van der Waals surface area contributed by atoms with E-state index in [-0.39, 0.29) is 35.4 Å². The van der Waals surface area contributed by atoms with Crippen molar-refractivity contribution in [3.63, 3.8) is 0 Å². The van der Waals surface area contributed by atoms with E-state index in [0.29, 0.717) is 6.42 Å². The number of fused-ring (bicyclic) bond motifs is 1. The molecule has 29 heavy (non-hydrogen) atoms. The second kappa shape index (κ2) is 8.24. The van der Waals surface area contributed by atoms with E-state index >= 15 is 0 Å². The third-order valence-electron chi connectivity index (χ3n) is 5.02. The highest BCUT2D eigenvalue weighted by Gasteiger charge is 2.40. The monoisotopic (exact) mass is 416 g/mol. The van der Waals surface area contributed by atoms with Crippen LogP contribution in [0, 0.1) is 6.92 Å². The number of nitrogens with zero attached hydrogens (tertiary/aromatic N) is 1. The zero-order valence-electron chi connectivity index (χ0n) is 16.6. The predicted molar refractivity (Wildman–Crippen MR) is 108 cm³/mol. The molecule has 2 aromatic rings. The molecule has 0 saturated carbocycles. The first-order valence-electron chi connectivity index (χ1n) is 9.39. The number of carbonyl (C=O) groups excluding carboxylic acids is 2. The van der Waals surface area contributed by atoms with Gasteiger partial charge in [0.15, 0.2) is 0 Å². The van der Waals surface area contributed by atoms with Crippen LogP contribution in [0.2, 0.25) is 0 Å². The van der Waals surface area contributed by atoms with Crippen molar-refractivity contribution in [3.8, 4) is 5.75 Å². The lowest BCUT2D eigenvalue weighted by molar-refractivity contribution is -0.121. The van der Waals surface area contributed by atoms with Crippen molar-refractivity contribution in [1.29, 1.82) is 0 Å². The Balaban J connectivity index is 1.67. The largest absolute Gasteiger partial charge is 0.496 e. The lowest BCUT2D eigenvalue weighted by Crippen LogP contribution is -2.35. The summed E-state index contributed by atoms with van der Waals surface area (Å²) in [6.07, 6.45) is 0.564. The van der Waals surface area contributed by atoms with Crippen LogP contribution in [0.15, 0.2) is 47.4 Å². The first-order valence-corrected chi connectivity index (χ1v) is 10.8. The number of aryl methyl sites for hydroxylation is 1. The average molecular weight is 416 g/mol. The fourth-order valence-electron chi connectivity index (χ4n) is 3.46. The molecule has 3 rings (SSSR count). The van der Waals surface area contributed by atoms with Gasteiger partial charge >= 0.3 is 0 Å². The minimum Gasteiger partial charge on any atom is -0.496 e. The Kier molecular flexibility index (Phi) is 5.93. The van der Waals surface area contributed by atoms with Crippen LogP contribution in [0.4, 0.5) is 0 Å². The van der Waals surface area contributed by atoms with E-state index in [9.17, 15) is 18.0 Å². The van der Waals surface area contributed by atoms with Crippen LogP contribution < -0.4 is 10.1 Å². The van der Waals surface area contributed by atoms with E-state index < -0.39 is 15.9 Å². The summed E-state index contributed by atoms with van der Waals surface area (Å²) in [6.45, 7) is 3.69. The van der Waals surface area contributed by atoms with Gasteiger partial charge < -0.3 is 10.1 Å². The van der Waals surface area contributed by atoms with Crippen molar-refractivity contribution in [1.82, 2.24) is 9.62 Å². The molecule has 0 saturated heterocycles. The van der Waals surface area contributed by atoms with Crippen LogP contribution in [0.5, 0.6) is 5.75 Å². The van der Waals surface area contributed by atoms with Gasteiger partial charge in [-0.15, -0.1) is 0 Å². The molecule has 1 aliphatic rings. The fraction of sp³-hybridized carbons (Fsp3) is 0.333. The van der Waals surface area contributed by atoms with Crippen LogP contribution in [-0.4, -0.2) is 38.2 Å². The van der Waals surface area contributed by atoms with E-state index in [0.717, 1.165) is 21.2 Å². The smallest absolute Gasteiger partial charge is 0.269 e. The SMILES string of the molecule is CC[C@@H](NC(=O)CCN1C(=O)c2ccccc2S1(=O)=O)c1ccc(OC)c(C)c1. The minimum absolute atomic E-state index is 0.00875. The molecule has 1 N–H and O–H groups in total. The normalized spacial score (nSPS) is 15.7. The molecule has 7 nitrogen and oxygen atoms in total. The topological polar surface area (TPSA) is 92.8 Å². The third kappa shape index (κ3) is 3.98. The molecule has 0 unspecified atom stereocenters. The fourth-order valence-corrected chi connectivity index (χ4v) is 5.03. The summed E-state index contributed by atoms with van der Waals surface area (Å²) >= 11 is 0. The van der Waals surface area contributed by atoms with Gasteiger partial charge in [-0.1, -0.05) is 31.2 Å². The Morgan fingerprint density at radius 2 is 1.93 bits per heavy atom. The summed E-state index contributed by atoms with van der Waals surface area (Å²) in [7, 11) is -2.30. The van der Waals surface area contributed by atoms with Crippen LogP contribution >= 0.6 is 0 Å². The lowest BCUT2D eigenvalue weighted by Gasteiger charge is -2.20. The van der Waals surface area contributed by atoms with Gasteiger partial charge in [-0.05, 0) is 42.7 Å². The summed E-state index contributed by atoms with van der Waals surface area (Å²) in [5, 5.41) is 2.92. The number of methoxy groups -OCH3 is 1. The van der Waals surface area contributed by atoms with Gasteiger partial charge in [0.2, 0.25) is 5.91 Å². The van der Waals surface area contributed by atoms with Gasteiger partial charge in [-0.25, -0.2) is 12.7 Å². The second-order valence-electron chi connectivity index (χ2n) is 6.89. The van der Waals surface area contributed by atoms with Crippen LogP contribution in [0.1, 0.15) is 47.3 Å². The number of ether oxygens (including phenoxy) is 1. The molecule has 8 heteroatoms. The highest BCUT2D eigenvalue weighted by atomic mass is 32.2. The molecule has 0 fully saturated rings. The number of carbonyl (C=O) groups is 2. The molecule has 0 radical (unpaired) electrons. The Bertz CT molecular complexity index is 1050. The summed E-state index contributed by atoms with van der Waals surface area (Å²) in [4.78, 5) is 24.9. The predicted octanol–water partition coefficient (Wildman–Crippen LogP) is 2.81. The van der Waals surface area contributed by atoms with Crippen LogP contribution in [-0.2, 0) is 14.8 Å². The summed E-state index contributed by atoms with van der Waals surface area (Å²) < 4.78 is 31.2. The molecule has 1 aliphatic heterocycles. The first kappa shape index (κ1) is 20.9. The van der Waals surface area contributed by atoms with Crippen molar-refractivity contribution < 1.29 is 22.7 Å². The number of nitrogens with one attached hydrogen (secondary N) is 1. The molecule has 1 atom stereocenters. The maximum Gasteiger partial charge on any atom is 0.269 e. The van der Waals surface area contributed by atoms with Gasteiger partial charge in [0.1, 0.15) is 10.6 Å². The molecular weight excluding hydrogens is 392 g/mol. The first-order chi connectivity index (χ1) is 13.8. The van der Waals surface area contributed by atoms with Gasteiger partial charge in [-0.3, -0.25) is 9.59 Å². The van der Waals surface area contributed by atoms with Crippen molar-refractivity contribution in [3.05, 3.63) is 59.2 Å². The van der Waals surface area contributed by atoms with E-state index in [1.54, 1.807) is 19.2 Å². The number of hydrogen-bond acceptors (Lipinski definition) is 5. The average Bonchev–Trinajstić information content (AvgIpc) is 2.90. The molecule has 0 aromatic heterocycles. The molecule has 0 bridgehead atoms. The number of hydrogen-bond donors (Lipinski definition) is 1. The Morgan fingerprint density at radius 1 is 1.21 bits per heavy atom. The van der Waals surface area contributed by atoms with Crippen LogP contribution in [0.25, 0.3) is 0 Å². The number of benzene rings is 2. The summed E-state index contributed by atoms with van der Waals surface area (Å²) in [5.74, 6) is -0.136. The van der Waals surface area contributed by atoms with Crippen molar-refractivity contribution in [2.45, 2.75) is 37.6 Å². The van der Waals surface area contributed by atoms with Gasteiger partial charge in [-0.2, -0.15) is 0 Å². The van der Waals surface area contributed by atoms with Gasteiger partial charge in [0.25, 0.3) is 15.9 Å². The number of sulfonamides is 1. The molecule has 2 amide bonds. The Hall–Kier alpha value is -2.87. The maximum absolute atomic E-state index is 12.6. The minimum atomic E-state index is -3.90. The summed E-state index contributed by atoms with van der Waals surface area (Å²) in [6, 6.07) is 11.6. The molecule has 1 heterocycles. The lowest BCUT2D eigenvalue weighted by atomic mass is 10.0. The van der Waals surface area contributed by atoms with E-state index in [4.69, 9.17) is 4.74 Å². The van der Waals surface area contributed by atoms with Crippen molar-refractivity contribution >= 4 is 21.8 Å². The zero-order valence-corrected chi connectivity index (χ0v) is 17.5. The standard InChI is InChI=1S/C21H24N2O5S/c1-4-17(15-9-10-18(28-3)14(2)13-15)22-20(24)11-12-23-21(25)16-7-5-6-8-19(16)29(23,26)27/h5-10,13,17H,4,11-12H2,1-3H3,(H,22,24)/t17-/m1/s1. The van der Waals surface area contributed by atoms with Gasteiger partial charge in [0.05, 0.1) is 18.7 Å². The molecule has 154 valence electrons.